The number of halogens is 1. The third-order valence-electron chi connectivity index (χ3n) is 11.2. The number of carbonyl (C=O) groups is 6. The lowest BCUT2D eigenvalue weighted by Crippen LogP contribution is -2.47. The summed E-state index contributed by atoms with van der Waals surface area (Å²) >= 11 is 5.90. The van der Waals surface area contributed by atoms with E-state index in [0.29, 0.717) is 35.3 Å². The fourth-order valence-electron chi connectivity index (χ4n) is 9.34. The number of likely N-dealkylation sites (tertiary alicyclic amines) is 2. The lowest BCUT2D eigenvalue weighted by molar-refractivity contribution is -0.159. The molecular weight excluding hydrogens is 560 g/mol. The fourth-order valence-corrected chi connectivity index (χ4v) is 9.47. The predicted octanol–water partition coefficient (Wildman–Crippen LogP) is 3.67. The van der Waals surface area contributed by atoms with Crippen molar-refractivity contribution in [2.45, 2.75) is 63.8 Å². The van der Waals surface area contributed by atoms with Gasteiger partial charge in [-0.1, -0.05) is 11.6 Å². The molecule has 9 atom stereocenters. The van der Waals surface area contributed by atoms with Crippen LogP contribution >= 0.6 is 11.6 Å². The van der Waals surface area contributed by atoms with E-state index in [4.69, 9.17) is 16.3 Å². The molecule has 0 N–H and O–H groups in total. The summed E-state index contributed by atoms with van der Waals surface area (Å²) in [6.07, 6.45) is 6.75. The molecule has 1 aromatic carbocycles. The first kappa shape index (κ1) is 27.7. The van der Waals surface area contributed by atoms with E-state index in [-0.39, 0.29) is 72.1 Å². The molecule has 4 aliphatic carbocycles. The molecule has 222 valence electrons. The third kappa shape index (κ3) is 4.33. The second kappa shape index (κ2) is 10.6. The van der Waals surface area contributed by atoms with Gasteiger partial charge in [0.15, 0.2) is 12.4 Å². The Kier molecular flexibility index (Phi) is 6.99. The summed E-state index contributed by atoms with van der Waals surface area (Å²) in [7, 11) is 0. The topological polar surface area (TPSA) is 118 Å². The van der Waals surface area contributed by atoms with Crippen LogP contribution in [0.15, 0.2) is 24.3 Å². The summed E-state index contributed by atoms with van der Waals surface area (Å²) in [5.74, 6) is -2.08. The van der Waals surface area contributed by atoms with Gasteiger partial charge in [0.05, 0.1) is 23.7 Å². The normalized spacial score (nSPS) is 34.9. The number of benzene rings is 1. The number of unbranched alkanes of at least 4 members (excludes halogenated alkanes) is 1. The zero-order valence-electron chi connectivity index (χ0n) is 23.4. The van der Waals surface area contributed by atoms with Crippen LogP contribution in [-0.2, 0) is 28.7 Å². The van der Waals surface area contributed by atoms with Crippen LogP contribution in [0.2, 0.25) is 5.02 Å². The average Bonchev–Trinajstić information content (AvgIpc) is 3.83. The van der Waals surface area contributed by atoms with Gasteiger partial charge in [-0.25, -0.2) is 4.79 Å². The third-order valence-corrected chi connectivity index (χ3v) is 11.4. The van der Waals surface area contributed by atoms with E-state index in [1.165, 1.54) is 4.90 Å². The highest BCUT2D eigenvalue weighted by Crippen LogP contribution is 2.57. The number of fused-ring (bicyclic) bond motifs is 10. The Morgan fingerprint density at radius 1 is 0.762 bits per heavy atom. The molecule has 2 heterocycles. The summed E-state index contributed by atoms with van der Waals surface area (Å²) in [6, 6.07) is 5.08. The fraction of sp³-hybridized carbons (Fsp3) is 0.625. The van der Waals surface area contributed by atoms with Crippen molar-refractivity contribution in [3.8, 4) is 0 Å². The number of ether oxygens (including phenoxy) is 1. The summed E-state index contributed by atoms with van der Waals surface area (Å²) in [4.78, 5) is 81.8. The molecule has 10 heteroatoms. The number of rotatable bonds is 10. The highest BCUT2D eigenvalue weighted by Gasteiger charge is 2.63. The summed E-state index contributed by atoms with van der Waals surface area (Å²) in [5.41, 5.74) is 0.335. The molecule has 9 nitrogen and oxygen atoms in total. The van der Waals surface area contributed by atoms with Gasteiger partial charge in [0.25, 0.3) is 0 Å². The van der Waals surface area contributed by atoms with Crippen molar-refractivity contribution in [2.24, 2.45) is 47.3 Å². The Bertz CT molecular complexity index is 1300. The number of hydrogen-bond acceptors (Lipinski definition) is 7. The van der Waals surface area contributed by atoms with Crippen molar-refractivity contribution in [1.82, 2.24) is 9.80 Å². The number of hydrogen-bond donors (Lipinski definition) is 0. The molecule has 2 aliphatic heterocycles. The minimum Gasteiger partial charge on any atom is -0.456 e. The van der Waals surface area contributed by atoms with Crippen LogP contribution in [0.4, 0.5) is 0 Å². The van der Waals surface area contributed by atoms with Gasteiger partial charge in [0.1, 0.15) is 6.04 Å². The molecule has 4 saturated carbocycles. The van der Waals surface area contributed by atoms with Crippen molar-refractivity contribution in [1.29, 1.82) is 0 Å². The van der Waals surface area contributed by atoms with Gasteiger partial charge in [-0.2, -0.15) is 0 Å². The number of ketones is 1. The van der Waals surface area contributed by atoms with Crippen LogP contribution in [0.3, 0.4) is 0 Å². The van der Waals surface area contributed by atoms with Gasteiger partial charge in [0, 0.05) is 17.1 Å². The monoisotopic (exact) mass is 594 g/mol. The van der Waals surface area contributed by atoms with Crippen LogP contribution in [0.25, 0.3) is 0 Å². The minimum atomic E-state index is -1.15. The average molecular weight is 595 g/mol. The van der Waals surface area contributed by atoms with Crippen molar-refractivity contribution >= 4 is 47.0 Å². The first-order valence-corrected chi connectivity index (χ1v) is 15.8. The first-order valence-electron chi connectivity index (χ1n) is 15.4. The van der Waals surface area contributed by atoms with Crippen molar-refractivity contribution in [2.75, 3.05) is 13.2 Å². The van der Waals surface area contributed by atoms with Crippen LogP contribution in [-0.4, -0.2) is 64.4 Å². The number of nitrogens with zero attached hydrogens (tertiary/aromatic N) is 2. The highest BCUT2D eigenvalue weighted by molar-refractivity contribution is 6.30. The van der Waals surface area contributed by atoms with E-state index in [1.54, 1.807) is 24.3 Å². The Balaban J connectivity index is 1.02. The lowest BCUT2D eigenvalue weighted by Gasteiger charge is -2.26. The van der Waals surface area contributed by atoms with Crippen molar-refractivity contribution in [3.63, 3.8) is 0 Å². The molecule has 0 spiro atoms. The van der Waals surface area contributed by atoms with Crippen LogP contribution in [0.5, 0.6) is 0 Å². The van der Waals surface area contributed by atoms with E-state index in [9.17, 15) is 28.8 Å². The first-order chi connectivity index (χ1) is 20.2. The van der Waals surface area contributed by atoms with E-state index in [1.807, 2.05) is 0 Å². The summed E-state index contributed by atoms with van der Waals surface area (Å²) in [6.45, 7) is -0.259. The molecule has 2 saturated heterocycles. The van der Waals surface area contributed by atoms with Crippen LogP contribution in [0, 0.1) is 47.3 Å². The second-order valence-electron chi connectivity index (χ2n) is 13.2. The Labute approximate surface area is 249 Å². The molecule has 0 radical (unpaired) electrons. The number of esters is 1. The van der Waals surface area contributed by atoms with Gasteiger partial charge in [-0.05, 0) is 106 Å². The largest absolute Gasteiger partial charge is 0.456 e. The SMILES string of the molecule is O=C(COC(=O)[C@H](CCCCN1C(=O)[C@@H]2[C@H]3CC[C@@H](C3)[C@@H]2C1=O)N1C(=O)[C@H]2[C@H]3CC[C@@H](C3)[C@@H]2C1=O)c1ccc(Cl)cc1. The zero-order chi connectivity index (χ0) is 29.3. The molecule has 6 fully saturated rings. The Morgan fingerprint density at radius 2 is 1.26 bits per heavy atom. The number of imide groups is 2. The van der Waals surface area contributed by atoms with Gasteiger partial charge >= 0.3 is 5.97 Å². The molecule has 1 aromatic rings. The second-order valence-corrected chi connectivity index (χ2v) is 13.6. The highest BCUT2D eigenvalue weighted by atomic mass is 35.5. The molecule has 6 aliphatic rings. The van der Waals surface area contributed by atoms with Crippen molar-refractivity contribution in [3.05, 3.63) is 34.9 Å². The zero-order valence-corrected chi connectivity index (χ0v) is 24.2. The van der Waals surface area contributed by atoms with E-state index in [0.717, 1.165) is 43.4 Å². The molecule has 0 aromatic heterocycles. The number of amides is 4. The minimum absolute atomic E-state index is 0.0675. The number of carbonyl (C=O) groups excluding carboxylic acids is 6. The smallest absolute Gasteiger partial charge is 0.329 e. The Hall–Kier alpha value is -3.07. The summed E-state index contributed by atoms with van der Waals surface area (Å²) < 4.78 is 5.41. The molecule has 0 unspecified atom stereocenters. The van der Waals surface area contributed by atoms with Gasteiger partial charge in [-0.3, -0.25) is 33.8 Å². The number of Topliss-reactive ketones (excluding diaryl/α,β-unsaturated/α-hetero) is 1. The maximum Gasteiger partial charge on any atom is 0.329 e. The maximum absolute atomic E-state index is 13.6. The molecular formula is C32H35ClN2O7. The quantitative estimate of drug-likeness (QED) is 0.175. The van der Waals surface area contributed by atoms with Crippen molar-refractivity contribution < 1.29 is 33.5 Å². The molecule has 4 bridgehead atoms. The predicted molar refractivity (Wildman–Crippen MR) is 149 cm³/mol. The van der Waals surface area contributed by atoms with Gasteiger partial charge in [-0.15, -0.1) is 0 Å². The standard InChI is InChI=1S/C32H35ClN2O7/c33-21-10-8-16(9-11-21)23(36)15-42-32(41)22(35-30(39)26-19-6-7-20(14-19)27(26)31(35)40)3-1-2-12-34-28(37)24-17-4-5-18(13-17)25(24)29(34)38/h8-11,17-20,22,24-27H,1-7,12-15H2/t17-,18-,19-,20-,22-,24-,25+,26-,27-/m0/s1. The van der Waals surface area contributed by atoms with Crippen LogP contribution < -0.4 is 0 Å². The van der Waals surface area contributed by atoms with Crippen LogP contribution in [0.1, 0.15) is 68.1 Å². The summed E-state index contributed by atoms with van der Waals surface area (Å²) in [5, 5.41) is 0.474. The maximum atomic E-state index is 13.6. The molecule has 7 rings (SSSR count). The van der Waals surface area contributed by atoms with Gasteiger partial charge < -0.3 is 4.74 Å². The lowest BCUT2D eigenvalue weighted by atomic mass is 9.81. The Morgan fingerprint density at radius 3 is 1.79 bits per heavy atom. The molecule has 4 amide bonds. The van der Waals surface area contributed by atoms with Gasteiger partial charge in [0.2, 0.25) is 23.6 Å². The van der Waals surface area contributed by atoms with E-state index < -0.39 is 24.4 Å². The van der Waals surface area contributed by atoms with E-state index in [2.05, 4.69) is 0 Å². The van der Waals surface area contributed by atoms with E-state index >= 15 is 0 Å². The molecule has 42 heavy (non-hydrogen) atoms.